The Labute approximate surface area is 136 Å². The van der Waals surface area contributed by atoms with Crippen LogP contribution in [0.4, 0.5) is 5.69 Å². The van der Waals surface area contributed by atoms with Gasteiger partial charge in [0, 0.05) is 17.8 Å². The quantitative estimate of drug-likeness (QED) is 0.823. The van der Waals surface area contributed by atoms with Crippen molar-refractivity contribution < 1.29 is 14.3 Å². The number of benzene rings is 2. The molecule has 2 aromatic carbocycles. The minimum Gasteiger partial charge on any atom is -0.497 e. The van der Waals surface area contributed by atoms with Crippen molar-refractivity contribution in [3.63, 3.8) is 0 Å². The molecule has 0 heterocycles. The van der Waals surface area contributed by atoms with E-state index in [0.717, 1.165) is 23.2 Å². The molecule has 0 aliphatic rings. The van der Waals surface area contributed by atoms with Crippen molar-refractivity contribution in [1.29, 1.82) is 0 Å². The van der Waals surface area contributed by atoms with Gasteiger partial charge in [0.05, 0.1) is 14.2 Å². The lowest BCUT2D eigenvalue weighted by atomic mass is 10.1. The van der Waals surface area contributed by atoms with Gasteiger partial charge in [-0.05, 0) is 41.8 Å². The van der Waals surface area contributed by atoms with Crippen LogP contribution >= 0.6 is 0 Å². The Balaban J connectivity index is 2.12. The Morgan fingerprint density at radius 2 is 1.74 bits per heavy atom. The van der Waals surface area contributed by atoms with Gasteiger partial charge in [-0.3, -0.25) is 4.79 Å². The Morgan fingerprint density at radius 1 is 1.09 bits per heavy atom. The van der Waals surface area contributed by atoms with Crippen LogP contribution in [0.1, 0.15) is 18.1 Å². The van der Waals surface area contributed by atoms with E-state index in [4.69, 9.17) is 9.47 Å². The van der Waals surface area contributed by atoms with Gasteiger partial charge in [-0.15, -0.1) is 0 Å². The standard InChI is InChI=1S/C19H21NO3/c1-4-15-7-5-6-8-18(15)20-19(21)10-9-14-11-16(22-2)13-17(12-14)23-3/h5-13H,4H2,1-3H3,(H,20,21). The molecule has 1 amide bonds. The molecule has 0 radical (unpaired) electrons. The molecular weight excluding hydrogens is 290 g/mol. The summed E-state index contributed by atoms with van der Waals surface area (Å²) < 4.78 is 10.4. The SMILES string of the molecule is CCc1ccccc1NC(=O)C=Cc1cc(OC)cc(OC)c1. The van der Waals surface area contributed by atoms with Gasteiger partial charge in [0.2, 0.25) is 5.91 Å². The van der Waals surface area contributed by atoms with Crippen molar-refractivity contribution in [1.82, 2.24) is 0 Å². The van der Waals surface area contributed by atoms with Crippen molar-refractivity contribution in [2.45, 2.75) is 13.3 Å². The molecule has 0 aliphatic heterocycles. The van der Waals surface area contributed by atoms with E-state index < -0.39 is 0 Å². The monoisotopic (exact) mass is 311 g/mol. The number of carbonyl (C=O) groups excluding carboxylic acids is 1. The number of ether oxygens (including phenoxy) is 2. The van der Waals surface area contributed by atoms with E-state index >= 15 is 0 Å². The predicted octanol–water partition coefficient (Wildman–Crippen LogP) is 3.92. The average molecular weight is 311 g/mol. The number of nitrogens with one attached hydrogen (secondary N) is 1. The first-order valence-corrected chi connectivity index (χ1v) is 7.46. The number of methoxy groups -OCH3 is 2. The topological polar surface area (TPSA) is 47.6 Å². The summed E-state index contributed by atoms with van der Waals surface area (Å²) in [6.07, 6.45) is 4.10. The first-order valence-electron chi connectivity index (χ1n) is 7.46. The molecular formula is C19H21NO3. The molecule has 23 heavy (non-hydrogen) atoms. The zero-order chi connectivity index (χ0) is 16.7. The highest BCUT2D eigenvalue weighted by molar-refractivity contribution is 6.02. The fourth-order valence-electron chi connectivity index (χ4n) is 2.22. The molecule has 0 spiro atoms. The molecule has 0 aromatic heterocycles. The maximum atomic E-state index is 12.1. The van der Waals surface area contributed by atoms with Crippen LogP contribution in [0.15, 0.2) is 48.5 Å². The molecule has 1 N–H and O–H groups in total. The van der Waals surface area contributed by atoms with Gasteiger partial charge in [-0.2, -0.15) is 0 Å². The third-order valence-electron chi connectivity index (χ3n) is 3.46. The smallest absolute Gasteiger partial charge is 0.248 e. The van der Waals surface area contributed by atoms with Crippen LogP contribution in [-0.2, 0) is 11.2 Å². The molecule has 4 nitrogen and oxygen atoms in total. The van der Waals surface area contributed by atoms with Crippen molar-refractivity contribution in [2.24, 2.45) is 0 Å². The minimum atomic E-state index is -0.173. The number of carbonyl (C=O) groups is 1. The summed E-state index contributed by atoms with van der Waals surface area (Å²) >= 11 is 0. The van der Waals surface area contributed by atoms with Gasteiger partial charge in [0.25, 0.3) is 0 Å². The highest BCUT2D eigenvalue weighted by Crippen LogP contribution is 2.23. The van der Waals surface area contributed by atoms with Crippen LogP contribution < -0.4 is 14.8 Å². The van der Waals surface area contributed by atoms with E-state index in [1.807, 2.05) is 36.4 Å². The van der Waals surface area contributed by atoms with E-state index in [9.17, 15) is 4.79 Å². The van der Waals surface area contributed by atoms with E-state index in [0.29, 0.717) is 11.5 Å². The van der Waals surface area contributed by atoms with Gasteiger partial charge >= 0.3 is 0 Å². The van der Waals surface area contributed by atoms with Crippen molar-refractivity contribution >= 4 is 17.7 Å². The summed E-state index contributed by atoms with van der Waals surface area (Å²) in [5, 5.41) is 2.90. The summed E-state index contributed by atoms with van der Waals surface area (Å²) in [6, 6.07) is 13.2. The highest BCUT2D eigenvalue weighted by Gasteiger charge is 2.03. The van der Waals surface area contributed by atoms with Gasteiger partial charge in [0.1, 0.15) is 11.5 Å². The van der Waals surface area contributed by atoms with Crippen LogP contribution in [0.5, 0.6) is 11.5 Å². The summed E-state index contributed by atoms with van der Waals surface area (Å²) in [7, 11) is 3.19. The van der Waals surface area contributed by atoms with Gasteiger partial charge < -0.3 is 14.8 Å². The fourth-order valence-corrected chi connectivity index (χ4v) is 2.22. The lowest BCUT2D eigenvalue weighted by Crippen LogP contribution is -2.09. The normalized spacial score (nSPS) is 10.6. The molecule has 0 fully saturated rings. The second-order valence-electron chi connectivity index (χ2n) is 4.98. The van der Waals surface area contributed by atoms with E-state index in [2.05, 4.69) is 12.2 Å². The fraction of sp³-hybridized carbons (Fsp3) is 0.211. The largest absolute Gasteiger partial charge is 0.497 e. The third-order valence-corrected chi connectivity index (χ3v) is 3.46. The second-order valence-corrected chi connectivity index (χ2v) is 4.98. The van der Waals surface area contributed by atoms with E-state index in [1.54, 1.807) is 26.4 Å². The summed E-state index contributed by atoms with van der Waals surface area (Å²) in [4.78, 5) is 12.1. The Morgan fingerprint density at radius 3 is 2.35 bits per heavy atom. The Hall–Kier alpha value is -2.75. The zero-order valence-corrected chi connectivity index (χ0v) is 13.6. The minimum absolute atomic E-state index is 0.173. The van der Waals surface area contributed by atoms with Crippen LogP contribution in [0.3, 0.4) is 0 Å². The first-order chi connectivity index (χ1) is 11.2. The molecule has 120 valence electrons. The number of hydrogen-bond acceptors (Lipinski definition) is 3. The predicted molar refractivity (Wildman–Crippen MR) is 93.0 cm³/mol. The molecule has 4 heteroatoms. The van der Waals surface area contributed by atoms with Gasteiger partial charge in [0.15, 0.2) is 0 Å². The average Bonchev–Trinajstić information content (AvgIpc) is 2.60. The first kappa shape index (κ1) is 16.6. The number of hydrogen-bond donors (Lipinski definition) is 1. The molecule has 2 aromatic rings. The van der Waals surface area contributed by atoms with Crippen LogP contribution in [0.25, 0.3) is 6.08 Å². The van der Waals surface area contributed by atoms with Gasteiger partial charge in [-0.25, -0.2) is 0 Å². The molecule has 0 atom stereocenters. The molecule has 0 unspecified atom stereocenters. The number of amides is 1. The zero-order valence-electron chi connectivity index (χ0n) is 13.6. The molecule has 0 bridgehead atoms. The van der Waals surface area contributed by atoms with Crippen molar-refractivity contribution in [3.05, 3.63) is 59.7 Å². The van der Waals surface area contributed by atoms with Crippen LogP contribution in [0.2, 0.25) is 0 Å². The number of anilines is 1. The van der Waals surface area contributed by atoms with Crippen LogP contribution in [-0.4, -0.2) is 20.1 Å². The molecule has 0 aliphatic carbocycles. The van der Waals surface area contributed by atoms with E-state index in [1.165, 1.54) is 6.08 Å². The maximum absolute atomic E-state index is 12.1. The van der Waals surface area contributed by atoms with Crippen molar-refractivity contribution in [3.8, 4) is 11.5 Å². The number of para-hydroxylation sites is 1. The highest BCUT2D eigenvalue weighted by atomic mass is 16.5. The Bertz CT molecular complexity index is 685. The van der Waals surface area contributed by atoms with E-state index in [-0.39, 0.29) is 5.91 Å². The number of aryl methyl sites for hydroxylation is 1. The summed E-state index contributed by atoms with van der Waals surface area (Å²) in [5.41, 5.74) is 2.78. The maximum Gasteiger partial charge on any atom is 0.248 e. The Kier molecular flexibility index (Phi) is 5.80. The number of rotatable bonds is 6. The third kappa shape index (κ3) is 4.61. The van der Waals surface area contributed by atoms with Crippen molar-refractivity contribution in [2.75, 3.05) is 19.5 Å². The molecule has 0 saturated carbocycles. The summed E-state index contributed by atoms with van der Waals surface area (Å²) in [5.74, 6) is 1.19. The lowest BCUT2D eigenvalue weighted by molar-refractivity contribution is -0.111. The molecule has 0 saturated heterocycles. The summed E-state index contributed by atoms with van der Waals surface area (Å²) in [6.45, 7) is 2.06. The second kappa shape index (κ2) is 8.03. The van der Waals surface area contributed by atoms with Gasteiger partial charge in [-0.1, -0.05) is 25.1 Å². The molecule has 2 rings (SSSR count). The van der Waals surface area contributed by atoms with Crippen LogP contribution in [0, 0.1) is 0 Å². The lowest BCUT2D eigenvalue weighted by Gasteiger charge is -2.08.